The highest BCUT2D eigenvalue weighted by Crippen LogP contribution is 2.36. The van der Waals surface area contributed by atoms with Gasteiger partial charge >= 0.3 is 0 Å². The van der Waals surface area contributed by atoms with Crippen molar-refractivity contribution in [1.29, 1.82) is 0 Å². The van der Waals surface area contributed by atoms with Crippen LogP contribution in [0.1, 0.15) is 85.5 Å². The summed E-state index contributed by atoms with van der Waals surface area (Å²) in [6.07, 6.45) is 7.21. The van der Waals surface area contributed by atoms with Gasteiger partial charge in [0.1, 0.15) is 0 Å². The lowest BCUT2D eigenvalue weighted by Gasteiger charge is -2.41. The fourth-order valence-electron chi connectivity index (χ4n) is 3.98. The maximum atomic E-state index is 13.0. The number of nitrogens with two attached hydrogens (primary N) is 2. The molecule has 3 unspecified atom stereocenters. The second-order valence-electron chi connectivity index (χ2n) is 8.80. The smallest absolute Gasteiger partial charge is 0.153 e. The van der Waals surface area contributed by atoms with Gasteiger partial charge in [0.2, 0.25) is 0 Å². The van der Waals surface area contributed by atoms with Gasteiger partial charge in [-0.3, -0.25) is 4.79 Å². The van der Waals surface area contributed by atoms with Crippen LogP contribution >= 0.6 is 0 Å². The van der Waals surface area contributed by atoms with Crippen LogP contribution in [0, 0.1) is 17.8 Å². The predicted octanol–water partition coefficient (Wildman–Crippen LogP) is 3.39. The molecule has 24 heavy (non-hydrogen) atoms. The molecule has 0 bridgehead atoms. The molecule has 0 aromatic rings. The van der Waals surface area contributed by atoms with Crippen LogP contribution in [0.3, 0.4) is 0 Å². The SMILES string of the molecule is CC(C)CCC(=O)C(N)(CC(O)C(N)CC(C)C)C1CCCCC1. The second-order valence-corrected chi connectivity index (χ2v) is 8.80. The molecule has 0 radical (unpaired) electrons. The van der Waals surface area contributed by atoms with E-state index in [0.29, 0.717) is 24.7 Å². The fourth-order valence-corrected chi connectivity index (χ4v) is 3.98. The van der Waals surface area contributed by atoms with Crippen molar-refractivity contribution in [3.63, 3.8) is 0 Å². The Bertz CT molecular complexity index is 378. The Balaban J connectivity index is 2.84. The van der Waals surface area contributed by atoms with Crippen molar-refractivity contribution in [2.24, 2.45) is 29.2 Å². The van der Waals surface area contributed by atoms with E-state index in [4.69, 9.17) is 11.5 Å². The van der Waals surface area contributed by atoms with E-state index >= 15 is 0 Å². The average molecular weight is 341 g/mol. The molecule has 142 valence electrons. The average Bonchev–Trinajstić information content (AvgIpc) is 2.52. The van der Waals surface area contributed by atoms with Crippen LogP contribution in [0.15, 0.2) is 0 Å². The Morgan fingerprint density at radius 2 is 1.71 bits per heavy atom. The number of rotatable bonds is 10. The molecular weight excluding hydrogens is 300 g/mol. The lowest BCUT2D eigenvalue weighted by molar-refractivity contribution is -0.128. The summed E-state index contributed by atoms with van der Waals surface area (Å²) in [5, 5.41) is 10.6. The summed E-state index contributed by atoms with van der Waals surface area (Å²) in [4.78, 5) is 13.0. The predicted molar refractivity (Wildman–Crippen MR) is 101 cm³/mol. The van der Waals surface area contributed by atoms with Crippen LogP contribution in [0.4, 0.5) is 0 Å². The molecule has 1 fully saturated rings. The molecule has 0 aliphatic heterocycles. The molecular formula is C20H40N2O2. The summed E-state index contributed by atoms with van der Waals surface area (Å²) < 4.78 is 0. The lowest BCUT2D eigenvalue weighted by atomic mass is 9.68. The van der Waals surface area contributed by atoms with Crippen molar-refractivity contribution in [2.75, 3.05) is 0 Å². The largest absolute Gasteiger partial charge is 0.391 e. The van der Waals surface area contributed by atoms with Gasteiger partial charge in [0, 0.05) is 18.9 Å². The summed E-state index contributed by atoms with van der Waals surface area (Å²) in [5.74, 6) is 1.22. The minimum atomic E-state index is -0.913. The molecule has 1 aliphatic carbocycles. The number of hydrogen-bond acceptors (Lipinski definition) is 4. The summed E-state index contributed by atoms with van der Waals surface area (Å²) in [5.41, 5.74) is 12.0. The van der Waals surface area contributed by atoms with Gasteiger partial charge in [0.05, 0.1) is 11.6 Å². The highest BCUT2D eigenvalue weighted by molar-refractivity contribution is 5.88. The monoisotopic (exact) mass is 340 g/mol. The van der Waals surface area contributed by atoms with Gasteiger partial charge in [-0.05, 0) is 43.4 Å². The standard InChI is InChI=1S/C20H40N2O2/c1-14(2)10-11-19(24)20(22,16-8-6-5-7-9-16)13-18(23)17(21)12-15(3)4/h14-18,23H,5-13,21-22H2,1-4H3. The number of aliphatic hydroxyl groups is 1. The maximum absolute atomic E-state index is 13.0. The molecule has 1 aliphatic rings. The molecule has 5 N–H and O–H groups in total. The highest BCUT2D eigenvalue weighted by atomic mass is 16.3. The van der Waals surface area contributed by atoms with E-state index in [1.54, 1.807) is 0 Å². The fraction of sp³-hybridized carbons (Fsp3) is 0.950. The third-order valence-electron chi connectivity index (χ3n) is 5.59. The first-order chi connectivity index (χ1) is 11.2. The summed E-state index contributed by atoms with van der Waals surface area (Å²) in [6.45, 7) is 8.44. The lowest BCUT2D eigenvalue weighted by Crippen LogP contribution is -2.58. The quantitative estimate of drug-likeness (QED) is 0.568. The Kier molecular flexibility index (Phi) is 8.89. The molecule has 0 amide bonds. The van der Waals surface area contributed by atoms with Gasteiger partial charge in [-0.25, -0.2) is 0 Å². The number of carbonyl (C=O) groups excluding carboxylic acids is 1. The van der Waals surface area contributed by atoms with E-state index < -0.39 is 11.6 Å². The second kappa shape index (κ2) is 9.88. The third kappa shape index (κ3) is 6.45. The van der Waals surface area contributed by atoms with Crippen LogP contribution in [-0.2, 0) is 4.79 Å². The van der Waals surface area contributed by atoms with Crippen molar-refractivity contribution in [3.05, 3.63) is 0 Å². The zero-order chi connectivity index (χ0) is 18.3. The number of ketones is 1. The van der Waals surface area contributed by atoms with E-state index in [0.717, 1.165) is 38.5 Å². The maximum Gasteiger partial charge on any atom is 0.153 e. The van der Waals surface area contributed by atoms with Gasteiger partial charge in [-0.15, -0.1) is 0 Å². The first-order valence-electron chi connectivity index (χ1n) is 9.92. The molecule has 0 heterocycles. The zero-order valence-corrected chi connectivity index (χ0v) is 16.3. The molecule has 3 atom stereocenters. The number of Topliss-reactive ketones (excluding diaryl/α,β-unsaturated/α-hetero) is 1. The van der Waals surface area contributed by atoms with Gasteiger partial charge in [-0.2, -0.15) is 0 Å². The minimum absolute atomic E-state index is 0.124. The summed E-state index contributed by atoms with van der Waals surface area (Å²) >= 11 is 0. The summed E-state index contributed by atoms with van der Waals surface area (Å²) in [7, 11) is 0. The topological polar surface area (TPSA) is 89.3 Å². The van der Waals surface area contributed by atoms with Crippen molar-refractivity contribution in [3.8, 4) is 0 Å². The van der Waals surface area contributed by atoms with Gasteiger partial charge < -0.3 is 16.6 Å². The highest BCUT2D eigenvalue weighted by Gasteiger charge is 2.43. The molecule has 4 nitrogen and oxygen atoms in total. The number of aliphatic hydroxyl groups excluding tert-OH is 1. The van der Waals surface area contributed by atoms with E-state index in [1.165, 1.54) is 6.42 Å². The van der Waals surface area contributed by atoms with E-state index in [2.05, 4.69) is 27.7 Å². The molecule has 0 saturated heterocycles. The Morgan fingerprint density at radius 3 is 2.21 bits per heavy atom. The number of hydrogen-bond donors (Lipinski definition) is 3. The Hall–Kier alpha value is -0.450. The summed E-state index contributed by atoms with van der Waals surface area (Å²) in [6, 6.07) is -0.311. The van der Waals surface area contributed by atoms with Crippen LogP contribution in [0.25, 0.3) is 0 Å². The van der Waals surface area contributed by atoms with Gasteiger partial charge in [-0.1, -0.05) is 47.0 Å². The van der Waals surface area contributed by atoms with Crippen LogP contribution in [-0.4, -0.2) is 28.6 Å². The van der Waals surface area contributed by atoms with E-state index in [1.807, 2.05) is 0 Å². The van der Waals surface area contributed by atoms with Crippen LogP contribution in [0.5, 0.6) is 0 Å². The molecule has 0 aromatic heterocycles. The zero-order valence-electron chi connectivity index (χ0n) is 16.3. The van der Waals surface area contributed by atoms with Crippen LogP contribution < -0.4 is 11.5 Å². The van der Waals surface area contributed by atoms with Gasteiger partial charge in [0.25, 0.3) is 0 Å². The number of carbonyl (C=O) groups is 1. The van der Waals surface area contributed by atoms with E-state index in [9.17, 15) is 9.90 Å². The third-order valence-corrected chi connectivity index (χ3v) is 5.59. The van der Waals surface area contributed by atoms with Gasteiger partial charge in [0.15, 0.2) is 5.78 Å². The first-order valence-corrected chi connectivity index (χ1v) is 9.92. The normalized spacial score (nSPS) is 21.7. The van der Waals surface area contributed by atoms with Crippen LogP contribution in [0.2, 0.25) is 0 Å². The van der Waals surface area contributed by atoms with Crippen molar-refractivity contribution < 1.29 is 9.90 Å². The molecule has 0 aromatic carbocycles. The van der Waals surface area contributed by atoms with Crippen molar-refractivity contribution in [1.82, 2.24) is 0 Å². The first kappa shape index (κ1) is 21.6. The molecule has 0 spiro atoms. The Labute approximate surface area is 148 Å². The Morgan fingerprint density at radius 1 is 1.12 bits per heavy atom. The van der Waals surface area contributed by atoms with E-state index in [-0.39, 0.29) is 17.7 Å². The molecule has 4 heteroatoms. The minimum Gasteiger partial charge on any atom is -0.391 e. The molecule has 1 rings (SSSR count). The molecule has 1 saturated carbocycles. The van der Waals surface area contributed by atoms with Crippen molar-refractivity contribution >= 4 is 5.78 Å². The van der Waals surface area contributed by atoms with Crippen molar-refractivity contribution in [2.45, 2.75) is 103 Å².